The van der Waals surface area contributed by atoms with E-state index in [4.69, 9.17) is 18.9 Å². The van der Waals surface area contributed by atoms with Crippen LogP contribution in [0.4, 0.5) is 0 Å². The molecule has 1 aliphatic rings. The lowest BCUT2D eigenvalue weighted by Gasteiger charge is -2.07. The van der Waals surface area contributed by atoms with Gasteiger partial charge in [-0.1, -0.05) is 0 Å². The monoisotopic (exact) mass is 277 g/mol. The summed E-state index contributed by atoms with van der Waals surface area (Å²) in [6.45, 7) is 2.27. The zero-order valence-corrected chi connectivity index (χ0v) is 11.5. The van der Waals surface area contributed by atoms with Crippen LogP contribution in [-0.2, 0) is 14.3 Å². The third-order valence-electron chi connectivity index (χ3n) is 2.58. The van der Waals surface area contributed by atoms with Crippen molar-refractivity contribution in [2.24, 2.45) is 4.99 Å². The van der Waals surface area contributed by atoms with Crippen LogP contribution in [0.3, 0.4) is 0 Å². The highest BCUT2D eigenvalue weighted by Crippen LogP contribution is 2.25. The summed E-state index contributed by atoms with van der Waals surface area (Å²) in [5.74, 6) is 0.814. The molecule has 0 unspecified atom stereocenters. The molecule has 0 fully saturated rings. The number of nitrogens with zero attached hydrogens (tertiary/aromatic N) is 1. The molecule has 0 aliphatic carbocycles. The van der Waals surface area contributed by atoms with Crippen molar-refractivity contribution in [3.8, 4) is 11.5 Å². The molecule has 0 saturated carbocycles. The summed E-state index contributed by atoms with van der Waals surface area (Å²) in [5.41, 5.74) is 0.720. The molecule has 0 saturated heterocycles. The van der Waals surface area contributed by atoms with E-state index in [9.17, 15) is 4.79 Å². The van der Waals surface area contributed by atoms with Crippen molar-refractivity contribution < 1.29 is 23.7 Å². The van der Waals surface area contributed by atoms with E-state index in [1.165, 1.54) is 6.26 Å². The molecule has 1 aromatic rings. The van der Waals surface area contributed by atoms with Crippen LogP contribution in [0.5, 0.6) is 11.5 Å². The van der Waals surface area contributed by atoms with Crippen LogP contribution in [0.15, 0.2) is 35.2 Å². The van der Waals surface area contributed by atoms with Crippen LogP contribution in [0.1, 0.15) is 12.5 Å². The number of ether oxygens (including phenoxy) is 4. The molecular weight excluding hydrogens is 262 g/mol. The second kappa shape index (κ2) is 6.10. The summed E-state index contributed by atoms with van der Waals surface area (Å²) in [5, 5.41) is 0. The molecule has 6 heteroatoms. The first kappa shape index (κ1) is 13.9. The Kier molecular flexibility index (Phi) is 4.24. The van der Waals surface area contributed by atoms with E-state index in [1.807, 2.05) is 6.92 Å². The fourth-order valence-corrected chi connectivity index (χ4v) is 1.61. The number of carbonyl (C=O) groups excluding carboxylic acids is 1. The average Bonchev–Trinajstić information content (AvgIpc) is 2.85. The Bertz CT molecular complexity index is 555. The maximum absolute atomic E-state index is 11.6. The van der Waals surface area contributed by atoms with Gasteiger partial charge in [-0.15, -0.1) is 0 Å². The summed E-state index contributed by atoms with van der Waals surface area (Å²) in [7, 11) is 3.09. The third kappa shape index (κ3) is 2.90. The number of methoxy groups -OCH3 is 2. The van der Waals surface area contributed by atoms with Crippen molar-refractivity contribution in [3.05, 3.63) is 35.7 Å². The Morgan fingerprint density at radius 3 is 2.40 bits per heavy atom. The first-order valence-electron chi connectivity index (χ1n) is 6.04. The van der Waals surface area contributed by atoms with Crippen molar-refractivity contribution in [2.45, 2.75) is 6.92 Å². The molecule has 0 bridgehead atoms. The molecule has 2 rings (SSSR count). The normalized spacial score (nSPS) is 15.8. The van der Waals surface area contributed by atoms with Gasteiger partial charge in [0.05, 0.1) is 20.8 Å². The fourth-order valence-electron chi connectivity index (χ4n) is 1.61. The summed E-state index contributed by atoms with van der Waals surface area (Å²) in [6, 6.07) is 5.13. The minimum atomic E-state index is -0.546. The van der Waals surface area contributed by atoms with Gasteiger partial charge in [0.2, 0.25) is 5.90 Å². The third-order valence-corrected chi connectivity index (χ3v) is 2.58. The minimum absolute atomic E-state index is 0.128. The fraction of sp³-hybridized carbons (Fsp3) is 0.286. The maximum atomic E-state index is 11.6. The van der Waals surface area contributed by atoms with Gasteiger partial charge in [0.15, 0.2) is 5.70 Å². The number of esters is 1. The maximum Gasteiger partial charge on any atom is 0.367 e. The smallest absolute Gasteiger partial charge is 0.367 e. The Morgan fingerprint density at radius 1 is 1.20 bits per heavy atom. The van der Waals surface area contributed by atoms with Gasteiger partial charge < -0.3 is 18.9 Å². The van der Waals surface area contributed by atoms with E-state index in [-0.39, 0.29) is 11.6 Å². The van der Waals surface area contributed by atoms with Gasteiger partial charge in [-0.3, -0.25) is 0 Å². The van der Waals surface area contributed by atoms with Crippen LogP contribution < -0.4 is 9.47 Å². The largest absolute Gasteiger partial charge is 0.499 e. The molecule has 0 atom stereocenters. The highest BCUT2D eigenvalue weighted by molar-refractivity contribution is 6.11. The molecule has 1 aliphatic heterocycles. The van der Waals surface area contributed by atoms with Gasteiger partial charge in [0.1, 0.15) is 17.8 Å². The van der Waals surface area contributed by atoms with E-state index >= 15 is 0 Å². The second-order valence-electron chi connectivity index (χ2n) is 3.87. The Hall–Kier alpha value is -2.50. The SMILES string of the molecule is CCO/C=C1/N=C(c2cc(OC)cc(OC)c2)OC1=O. The van der Waals surface area contributed by atoms with Crippen LogP contribution in [-0.4, -0.2) is 32.7 Å². The van der Waals surface area contributed by atoms with E-state index < -0.39 is 5.97 Å². The van der Waals surface area contributed by atoms with Gasteiger partial charge in [-0.25, -0.2) is 9.79 Å². The molecule has 0 amide bonds. The standard InChI is InChI=1S/C14H15NO5/c1-4-19-8-12-14(16)20-13(15-12)9-5-10(17-2)7-11(6-9)18-3/h5-8H,4H2,1-3H3/b12-8+. The van der Waals surface area contributed by atoms with Crippen molar-refractivity contribution in [1.29, 1.82) is 0 Å². The number of rotatable bonds is 5. The number of cyclic esters (lactones) is 1. The Balaban J connectivity index is 2.34. The predicted octanol–water partition coefficient (Wildman–Crippen LogP) is 1.89. The molecule has 106 valence electrons. The molecule has 1 aromatic carbocycles. The summed E-state index contributed by atoms with van der Waals surface area (Å²) in [6.07, 6.45) is 1.28. The molecule has 20 heavy (non-hydrogen) atoms. The van der Waals surface area contributed by atoms with Crippen LogP contribution in [0.25, 0.3) is 0 Å². The van der Waals surface area contributed by atoms with Gasteiger partial charge in [-0.05, 0) is 19.1 Å². The van der Waals surface area contributed by atoms with E-state index in [1.54, 1.807) is 32.4 Å². The number of hydrogen-bond acceptors (Lipinski definition) is 6. The van der Waals surface area contributed by atoms with Gasteiger partial charge in [0, 0.05) is 11.6 Å². The van der Waals surface area contributed by atoms with Crippen molar-refractivity contribution in [3.63, 3.8) is 0 Å². The Morgan fingerprint density at radius 2 is 1.85 bits per heavy atom. The molecule has 0 N–H and O–H groups in total. The average molecular weight is 277 g/mol. The van der Waals surface area contributed by atoms with Crippen LogP contribution in [0.2, 0.25) is 0 Å². The summed E-state index contributed by atoms with van der Waals surface area (Å²) >= 11 is 0. The van der Waals surface area contributed by atoms with Gasteiger partial charge >= 0.3 is 5.97 Å². The van der Waals surface area contributed by atoms with Crippen molar-refractivity contribution >= 4 is 11.9 Å². The van der Waals surface area contributed by atoms with Crippen LogP contribution in [0, 0.1) is 0 Å². The Labute approximate surface area is 116 Å². The molecule has 1 heterocycles. The highest BCUT2D eigenvalue weighted by atomic mass is 16.6. The van der Waals surface area contributed by atoms with Crippen LogP contribution >= 0.6 is 0 Å². The zero-order chi connectivity index (χ0) is 14.5. The van der Waals surface area contributed by atoms with Crippen molar-refractivity contribution in [2.75, 3.05) is 20.8 Å². The first-order valence-corrected chi connectivity index (χ1v) is 6.04. The second-order valence-corrected chi connectivity index (χ2v) is 3.87. The number of aliphatic imine (C=N–C) groups is 1. The van der Waals surface area contributed by atoms with E-state index in [2.05, 4.69) is 4.99 Å². The minimum Gasteiger partial charge on any atom is -0.499 e. The molecule has 0 radical (unpaired) electrons. The predicted molar refractivity (Wildman–Crippen MR) is 71.9 cm³/mol. The van der Waals surface area contributed by atoms with Gasteiger partial charge in [0.25, 0.3) is 0 Å². The van der Waals surface area contributed by atoms with E-state index in [0.717, 1.165) is 0 Å². The summed E-state index contributed by atoms with van der Waals surface area (Å²) < 4.78 is 20.5. The zero-order valence-electron chi connectivity index (χ0n) is 11.5. The highest BCUT2D eigenvalue weighted by Gasteiger charge is 2.25. The molecular formula is C14H15NO5. The lowest BCUT2D eigenvalue weighted by atomic mass is 10.2. The number of benzene rings is 1. The topological polar surface area (TPSA) is 66.3 Å². The molecule has 0 aromatic heterocycles. The lowest BCUT2D eigenvalue weighted by Crippen LogP contribution is -2.06. The number of carbonyl (C=O) groups is 1. The molecule has 6 nitrogen and oxygen atoms in total. The molecule has 0 spiro atoms. The van der Waals surface area contributed by atoms with Crippen molar-refractivity contribution in [1.82, 2.24) is 0 Å². The lowest BCUT2D eigenvalue weighted by molar-refractivity contribution is -0.130. The van der Waals surface area contributed by atoms with E-state index in [0.29, 0.717) is 23.7 Å². The summed E-state index contributed by atoms with van der Waals surface area (Å²) in [4.78, 5) is 15.7. The quantitative estimate of drug-likeness (QED) is 0.467. The first-order chi connectivity index (χ1) is 9.67. The number of hydrogen-bond donors (Lipinski definition) is 0. The van der Waals surface area contributed by atoms with Gasteiger partial charge in [-0.2, -0.15) is 0 Å².